The minimum Gasteiger partial charge on any atom is -0.321 e. The molecular weight excluding hydrogens is 297 g/mol. The van der Waals surface area contributed by atoms with Crippen molar-refractivity contribution in [3.63, 3.8) is 0 Å². The van der Waals surface area contributed by atoms with E-state index < -0.39 is 5.24 Å². The number of aromatic nitrogens is 1. The number of aryl methyl sites for hydroxylation is 2. The molecule has 0 spiro atoms. The van der Waals surface area contributed by atoms with E-state index in [1.807, 2.05) is 23.6 Å². The fourth-order valence-corrected chi connectivity index (χ4v) is 2.19. The van der Waals surface area contributed by atoms with Crippen LogP contribution in [0.5, 0.6) is 0 Å². The Hall–Kier alpha value is -1.58. The summed E-state index contributed by atoms with van der Waals surface area (Å²) in [6, 6.07) is 8.88. The summed E-state index contributed by atoms with van der Waals surface area (Å²) in [5.74, 6) is 0. The van der Waals surface area contributed by atoms with Gasteiger partial charge in [-0.05, 0) is 49.2 Å². The predicted octanol–water partition coefficient (Wildman–Crippen LogP) is 3.50. The normalized spacial score (nSPS) is 10.6. The SMILES string of the molecule is Cc1cc(=O)c(CCC(=O)Cl)cn1-c1ccc(Cl)cc1. The van der Waals surface area contributed by atoms with Crippen LogP contribution in [-0.2, 0) is 11.2 Å². The number of hydrogen-bond acceptors (Lipinski definition) is 2. The monoisotopic (exact) mass is 309 g/mol. The van der Waals surface area contributed by atoms with Crippen LogP contribution in [-0.4, -0.2) is 9.81 Å². The second kappa shape index (κ2) is 6.25. The Bertz CT molecular complexity index is 690. The van der Waals surface area contributed by atoms with Crippen molar-refractivity contribution >= 4 is 28.4 Å². The van der Waals surface area contributed by atoms with Gasteiger partial charge >= 0.3 is 0 Å². The zero-order chi connectivity index (χ0) is 14.7. The molecule has 2 aromatic rings. The molecule has 0 saturated carbocycles. The molecule has 0 saturated heterocycles. The van der Waals surface area contributed by atoms with Crippen LogP contribution < -0.4 is 5.43 Å². The average molecular weight is 310 g/mol. The van der Waals surface area contributed by atoms with E-state index in [1.165, 1.54) is 0 Å². The third kappa shape index (κ3) is 3.50. The Morgan fingerprint density at radius 3 is 2.50 bits per heavy atom. The molecule has 5 heteroatoms. The van der Waals surface area contributed by atoms with Crippen LogP contribution in [0.2, 0.25) is 5.02 Å². The van der Waals surface area contributed by atoms with Crippen molar-refractivity contribution in [1.82, 2.24) is 4.57 Å². The Morgan fingerprint density at radius 2 is 1.90 bits per heavy atom. The van der Waals surface area contributed by atoms with E-state index in [9.17, 15) is 9.59 Å². The molecule has 0 aliphatic carbocycles. The molecule has 104 valence electrons. The molecule has 3 nitrogen and oxygen atoms in total. The van der Waals surface area contributed by atoms with Gasteiger partial charge in [0.2, 0.25) is 5.24 Å². The fraction of sp³-hybridized carbons (Fsp3) is 0.200. The number of rotatable bonds is 4. The summed E-state index contributed by atoms with van der Waals surface area (Å²) in [6.45, 7) is 1.85. The van der Waals surface area contributed by atoms with E-state index in [0.29, 0.717) is 17.0 Å². The number of carbonyl (C=O) groups excluding carboxylic acids is 1. The molecule has 0 radical (unpaired) electrons. The molecule has 0 fully saturated rings. The number of halogens is 2. The molecule has 0 atom stereocenters. The van der Waals surface area contributed by atoms with E-state index >= 15 is 0 Å². The highest BCUT2D eigenvalue weighted by molar-refractivity contribution is 6.63. The van der Waals surface area contributed by atoms with Crippen molar-refractivity contribution in [2.24, 2.45) is 0 Å². The second-order valence-electron chi connectivity index (χ2n) is 4.51. The molecule has 0 amide bonds. The van der Waals surface area contributed by atoms with Crippen molar-refractivity contribution in [1.29, 1.82) is 0 Å². The highest BCUT2D eigenvalue weighted by Gasteiger charge is 2.07. The predicted molar refractivity (Wildman–Crippen MR) is 81.0 cm³/mol. The largest absolute Gasteiger partial charge is 0.321 e. The van der Waals surface area contributed by atoms with Crippen LogP contribution in [0.3, 0.4) is 0 Å². The summed E-state index contributed by atoms with van der Waals surface area (Å²) in [5, 5.41) is 0.212. The summed E-state index contributed by atoms with van der Waals surface area (Å²) < 4.78 is 1.89. The summed E-state index contributed by atoms with van der Waals surface area (Å²) >= 11 is 11.2. The number of hydrogen-bond donors (Lipinski definition) is 0. The van der Waals surface area contributed by atoms with Crippen LogP contribution in [0.4, 0.5) is 0 Å². The molecule has 2 rings (SSSR count). The molecule has 1 heterocycles. The quantitative estimate of drug-likeness (QED) is 0.811. The van der Waals surface area contributed by atoms with Crippen LogP contribution in [0.1, 0.15) is 17.7 Å². The zero-order valence-corrected chi connectivity index (χ0v) is 12.4. The standard InChI is InChI=1S/C15H13Cl2NO2/c1-10-8-14(19)11(2-7-15(17)20)9-18(10)13-5-3-12(16)4-6-13/h3-6,8-9H,2,7H2,1H3. The molecule has 20 heavy (non-hydrogen) atoms. The zero-order valence-electron chi connectivity index (χ0n) is 10.9. The summed E-state index contributed by atoms with van der Waals surface area (Å²) in [7, 11) is 0. The van der Waals surface area contributed by atoms with Crippen molar-refractivity contribution in [2.45, 2.75) is 19.8 Å². The first-order chi connectivity index (χ1) is 9.47. The lowest BCUT2D eigenvalue weighted by Crippen LogP contribution is -2.14. The first kappa shape index (κ1) is 14.8. The Labute approximate surface area is 126 Å². The van der Waals surface area contributed by atoms with Gasteiger partial charge < -0.3 is 4.57 Å². The lowest BCUT2D eigenvalue weighted by Gasteiger charge is -2.12. The molecule has 0 aliphatic heterocycles. The van der Waals surface area contributed by atoms with Crippen molar-refractivity contribution < 1.29 is 4.79 Å². The smallest absolute Gasteiger partial charge is 0.221 e. The van der Waals surface area contributed by atoms with Gasteiger partial charge in [-0.1, -0.05) is 11.6 Å². The van der Waals surface area contributed by atoms with Gasteiger partial charge in [-0.25, -0.2) is 0 Å². The van der Waals surface area contributed by atoms with Gasteiger partial charge in [0.15, 0.2) is 5.43 Å². The highest BCUT2D eigenvalue weighted by atomic mass is 35.5. The van der Waals surface area contributed by atoms with Crippen molar-refractivity contribution in [2.75, 3.05) is 0 Å². The topological polar surface area (TPSA) is 39.1 Å². The molecule has 0 aliphatic rings. The van der Waals surface area contributed by atoms with Gasteiger partial charge in [0.05, 0.1) is 0 Å². The lowest BCUT2D eigenvalue weighted by atomic mass is 10.1. The molecule has 1 aromatic heterocycles. The van der Waals surface area contributed by atoms with Gasteiger partial charge in [0, 0.05) is 40.7 Å². The first-order valence-electron chi connectivity index (χ1n) is 6.14. The van der Waals surface area contributed by atoms with E-state index in [4.69, 9.17) is 23.2 Å². The summed E-state index contributed by atoms with van der Waals surface area (Å²) in [5.41, 5.74) is 2.22. The maximum atomic E-state index is 11.9. The van der Waals surface area contributed by atoms with Gasteiger partial charge in [0.1, 0.15) is 0 Å². The third-order valence-corrected chi connectivity index (χ3v) is 3.46. The Balaban J connectivity index is 2.42. The van der Waals surface area contributed by atoms with Crippen LogP contribution in [0, 0.1) is 6.92 Å². The lowest BCUT2D eigenvalue weighted by molar-refractivity contribution is -0.111. The van der Waals surface area contributed by atoms with Crippen molar-refractivity contribution in [3.8, 4) is 5.69 Å². The van der Waals surface area contributed by atoms with E-state index in [2.05, 4.69) is 0 Å². The van der Waals surface area contributed by atoms with Gasteiger partial charge in [-0.2, -0.15) is 0 Å². The van der Waals surface area contributed by atoms with Crippen molar-refractivity contribution in [3.05, 3.63) is 63.0 Å². The number of pyridine rings is 1. The van der Waals surface area contributed by atoms with Crippen LogP contribution in [0.15, 0.2) is 41.3 Å². The average Bonchev–Trinajstić information content (AvgIpc) is 2.39. The minimum absolute atomic E-state index is 0.0781. The second-order valence-corrected chi connectivity index (χ2v) is 5.36. The summed E-state index contributed by atoms with van der Waals surface area (Å²) in [4.78, 5) is 22.7. The number of carbonyl (C=O) groups is 1. The third-order valence-electron chi connectivity index (χ3n) is 3.02. The van der Waals surface area contributed by atoms with E-state index in [-0.39, 0.29) is 11.8 Å². The molecular formula is C15H13Cl2NO2. The summed E-state index contributed by atoms with van der Waals surface area (Å²) in [6.07, 6.45) is 2.25. The maximum absolute atomic E-state index is 11.9. The molecule has 0 N–H and O–H groups in total. The Morgan fingerprint density at radius 1 is 1.25 bits per heavy atom. The van der Waals surface area contributed by atoms with Crippen LogP contribution >= 0.6 is 23.2 Å². The first-order valence-corrected chi connectivity index (χ1v) is 6.89. The van der Waals surface area contributed by atoms with E-state index in [1.54, 1.807) is 24.4 Å². The molecule has 1 aromatic carbocycles. The molecule has 0 bridgehead atoms. The highest BCUT2D eigenvalue weighted by Crippen LogP contribution is 2.15. The van der Waals surface area contributed by atoms with Crippen LogP contribution in [0.25, 0.3) is 5.69 Å². The van der Waals surface area contributed by atoms with Gasteiger partial charge in [-0.15, -0.1) is 0 Å². The Kier molecular flexibility index (Phi) is 4.63. The number of nitrogens with zero attached hydrogens (tertiary/aromatic N) is 1. The minimum atomic E-state index is -0.442. The maximum Gasteiger partial charge on any atom is 0.221 e. The number of benzene rings is 1. The van der Waals surface area contributed by atoms with Gasteiger partial charge in [-0.3, -0.25) is 9.59 Å². The molecule has 0 unspecified atom stereocenters. The fourth-order valence-electron chi connectivity index (χ4n) is 1.97. The van der Waals surface area contributed by atoms with E-state index in [0.717, 1.165) is 11.4 Å². The van der Waals surface area contributed by atoms with Gasteiger partial charge in [0.25, 0.3) is 0 Å².